The molecule has 0 atom stereocenters. The molecule has 8 heteroatoms. The molecule has 1 aliphatic carbocycles. The highest BCUT2D eigenvalue weighted by Crippen LogP contribution is 2.29. The maximum absolute atomic E-state index is 12.6. The Morgan fingerprint density at radius 2 is 1.78 bits per heavy atom. The van der Waals surface area contributed by atoms with Crippen LogP contribution in [0.15, 0.2) is 42.9 Å². The van der Waals surface area contributed by atoms with Crippen LogP contribution in [0.5, 0.6) is 0 Å². The van der Waals surface area contributed by atoms with Crippen LogP contribution in [0.1, 0.15) is 52.1 Å². The van der Waals surface area contributed by atoms with E-state index in [0.717, 1.165) is 42.3 Å². The summed E-state index contributed by atoms with van der Waals surface area (Å²) in [5, 5.41) is 2.03. The number of hydrogen-bond acceptors (Lipinski definition) is 6. The number of H-pyrrole nitrogens is 1. The molecule has 0 unspecified atom stereocenters. The number of carbonyl (C=O) groups excluding carboxylic acids is 2. The lowest BCUT2D eigenvalue weighted by Crippen LogP contribution is -2.26. The van der Waals surface area contributed by atoms with E-state index in [9.17, 15) is 9.59 Å². The molecule has 1 saturated carbocycles. The molecule has 1 amide bonds. The summed E-state index contributed by atoms with van der Waals surface area (Å²) in [6.07, 6.45) is 7.22. The van der Waals surface area contributed by atoms with Crippen molar-refractivity contribution in [1.82, 2.24) is 20.0 Å². The van der Waals surface area contributed by atoms with Gasteiger partial charge in [0.25, 0.3) is 5.91 Å². The van der Waals surface area contributed by atoms with Gasteiger partial charge in [-0.15, -0.1) is 0 Å². The second kappa shape index (κ2) is 11.0. The normalized spacial score (nSPS) is 18.0. The fourth-order valence-electron chi connectivity index (χ4n) is 3.89. The number of ether oxygens (including phenoxy) is 1. The molecule has 0 bridgehead atoms. The minimum atomic E-state index is -0.124. The van der Waals surface area contributed by atoms with Gasteiger partial charge in [-0.2, -0.15) is 0 Å². The molecule has 32 heavy (non-hydrogen) atoms. The molecule has 2 aromatic heterocycles. The largest absolute Gasteiger partial charge is 0.381 e. The van der Waals surface area contributed by atoms with Crippen LogP contribution >= 0.6 is 0 Å². The van der Waals surface area contributed by atoms with E-state index < -0.39 is 0 Å². The fourth-order valence-corrected chi connectivity index (χ4v) is 3.89. The summed E-state index contributed by atoms with van der Waals surface area (Å²) in [5.74, 6) is 0.0848. The minimum absolute atomic E-state index is 0.0689. The topological polar surface area (TPSA) is 97.4 Å². The third-order valence-electron chi connectivity index (χ3n) is 5.90. The number of nitrogens with one attached hydrogen (secondary N) is 1. The highest BCUT2D eigenvalue weighted by molar-refractivity contribution is 6.06. The third-order valence-corrected chi connectivity index (χ3v) is 5.90. The van der Waals surface area contributed by atoms with Crippen LogP contribution in [-0.4, -0.2) is 59.1 Å². The maximum atomic E-state index is 12.6. The lowest BCUT2D eigenvalue weighted by atomic mass is 9.83. The highest BCUT2D eigenvalue weighted by atomic mass is 16.7. The van der Waals surface area contributed by atoms with E-state index >= 15 is 0 Å². The molecule has 2 heterocycles. The van der Waals surface area contributed by atoms with Gasteiger partial charge in [0, 0.05) is 37.2 Å². The summed E-state index contributed by atoms with van der Waals surface area (Å²) < 4.78 is 5.34. The van der Waals surface area contributed by atoms with Crippen molar-refractivity contribution >= 4 is 22.7 Å². The number of nitrogens with zero attached hydrogens (tertiary/aromatic N) is 3. The average Bonchev–Trinajstić information content (AvgIpc) is 3.32. The monoisotopic (exact) mass is 438 g/mol. The zero-order valence-electron chi connectivity index (χ0n) is 19.0. The Labute approximate surface area is 187 Å². The predicted octanol–water partition coefficient (Wildman–Crippen LogP) is 3.97. The Morgan fingerprint density at radius 1 is 1.06 bits per heavy atom. The Hall–Kier alpha value is -3.10. The molecule has 3 aromatic rings. The molecular weight excluding hydrogens is 408 g/mol. The van der Waals surface area contributed by atoms with Gasteiger partial charge in [0.05, 0.1) is 13.2 Å². The van der Waals surface area contributed by atoms with E-state index in [4.69, 9.17) is 9.57 Å². The van der Waals surface area contributed by atoms with Crippen molar-refractivity contribution in [2.24, 2.45) is 5.92 Å². The molecular formula is C24H30N4O4. The van der Waals surface area contributed by atoms with Gasteiger partial charge in [-0.05, 0) is 50.3 Å². The first-order valence-electron chi connectivity index (χ1n) is 10.7. The van der Waals surface area contributed by atoms with Crippen molar-refractivity contribution in [2.45, 2.75) is 38.7 Å². The number of hydroxylamine groups is 2. The van der Waals surface area contributed by atoms with E-state index in [-0.39, 0.29) is 17.6 Å². The number of benzene rings is 1. The number of aromatic nitrogens is 3. The number of hydrogen-bond donors (Lipinski definition) is 1. The number of Topliss-reactive ketones (excluding diaryl/α,β-unsaturated/α-hetero) is 1. The van der Waals surface area contributed by atoms with Gasteiger partial charge in [-0.1, -0.05) is 18.2 Å². The number of aryl methyl sites for hydroxylation is 1. The zero-order valence-corrected chi connectivity index (χ0v) is 19.0. The lowest BCUT2D eigenvalue weighted by Gasteiger charge is -2.26. The molecule has 0 radical (unpaired) electrons. The zero-order chi connectivity index (χ0) is 23.1. The average molecular weight is 439 g/mol. The van der Waals surface area contributed by atoms with Crippen LogP contribution < -0.4 is 0 Å². The van der Waals surface area contributed by atoms with Crippen molar-refractivity contribution in [3.05, 3.63) is 59.7 Å². The molecule has 0 aliphatic heterocycles. The van der Waals surface area contributed by atoms with Crippen molar-refractivity contribution in [2.75, 3.05) is 21.3 Å². The molecule has 1 fully saturated rings. The van der Waals surface area contributed by atoms with Crippen molar-refractivity contribution in [3.63, 3.8) is 0 Å². The summed E-state index contributed by atoms with van der Waals surface area (Å²) in [4.78, 5) is 40.3. The standard InChI is InChI=1S/C14H17N3O2.C10H13NO2/c1-19-10-4-2-9(3-5-10)13(18)12-11-6-7-15-14(11)17-8-16-12;1-8-6-4-5-7-9(8)10(12)11(2)13-3/h6-10H,2-5H2,1H3,(H,15,16,17);4-7H,1-3H3. The third kappa shape index (κ3) is 5.38. The van der Waals surface area contributed by atoms with Gasteiger partial charge in [0.1, 0.15) is 17.7 Å². The lowest BCUT2D eigenvalue weighted by molar-refractivity contribution is -0.0757. The fraction of sp³-hybridized carbons (Fsp3) is 0.417. The smallest absolute Gasteiger partial charge is 0.277 e. The van der Waals surface area contributed by atoms with Gasteiger partial charge < -0.3 is 9.72 Å². The SMILES string of the molecule is COC1CCC(C(=O)c2ncnc3[nH]ccc23)CC1.CON(C)C(=O)c1ccccc1C. The summed E-state index contributed by atoms with van der Waals surface area (Å²) in [7, 11) is 4.80. The molecule has 8 nitrogen and oxygen atoms in total. The molecule has 4 rings (SSSR count). The summed E-state index contributed by atoms with van der Waals surface area (Å²) in [5.41, 5.74) is 2.90. The van der Waals surface area contributed by atoms with Crippen molar-refractivity contribution in [1.29, 1.82) is 0 Å². The van der Waals surface area contributed by atoms with Crippen molar-refractivity contribution in [3.8, 4) is 0 Å². The van der Waals surface area contributed by atoms with Gasteiger partial charge in [-0.25, -0.2) is 15.0 Å². The van der Waals surface area contributed by atoms with E-state index in [2.05, 4.69) is 15.0 Å². The Kier molecular flexibility index (Phi) is 8.08. The van der Waals surface area contributed by atoms with E-state index in [1.54, 1.807) is 26.4 Å². The molecule has 0 spiro atoms. The molecule has 1 aliphatic rings. The first-order valence-corrected chi connectivity index (χ1v) is 10.7. The van der Waals surface area contributed by atoms with E-state index in [0.29, 0.717) is 17.4 Å². The van der Waals surface area contributed by atoms with Crippen LogP contribution in [0.4, 0.5) is 0 Å². The number of rotatable bonds is 5. The number of ketones is 1. The first-order chi connectivity index (χ1) is 15.5. The molecule has 0 saturated heterocycles. The highest BCUT2D eigenvalue weighted by Gasteiger charge is 2.28. The maximum Gasteiger partial charge on any atom is 0.277 e. The Bertz CT molecular complexity index is 1060. The second-order valence-electron chi connectivity index (χ2n) is 7.84. The van der Waals surface area contributed by atoms with Gasteiger partial charge in [0.2, 0.25) is 0 Å². The summed E-state index contributed by atoms with van der Waals surface area (Å²) in [6, 6.07) is 9.29. The van der Waals surface area contributed by atoms with Crippen LogP contribution in [0.25, 0.3) is 11.0 Å². The van der Waals surface area contributed by atoms with Crippen LogP contribution in [0, 0.1) is 12.8 Å². The molecule has 1 aromatic carbocycles. The minimum Gasteiger partial charge on any atom is -0.381 e. The van der Waals surface area contributed by atoms with E-state index in [1.807, 2.05) is 31.2 Å². The van der Waals surface area contributed by atoms with Gasteiger partial charge >= 0.3 is 0 Å². The number of fused-ring (bicyclic) bond motifs is 1. The Balaban J connectivity index is 0.000000195. The molecule has 1 N–H and O–H groups in total. The summed E-state index contributed by atoms with van der Waals surface area (Å²) in [6.45, 7) is 1.90. The van der Waals surface area contributed by atoms with Crippen LogP contribution in [0.3, 0.4) is 0 Å². The summed E-state index contributed by atoms with van der Waals surface area (Å²) >= 11 is 0. The molecule has 170 valence electrons. The van der Waals surface area contributed by atoms with Gasteiger partial charge in [0.15, 0.2) is 5.78 Å². The predicted molar refractivity (Wildman–Crippen MR) is 121 cm³/mol. The van der Waals surface area contributed by atoms with Crippen molar-refractivity contribution < 1.29 is 19.2 Å². The second-order valence-corrected chi connectivity index (χ2v) is 7.84. The number of methoxy groups -OCH3 is 1. The quantitative estimate of drug-likeness (QED) is 0.478. The number of aromatic amines is 1. The van der Waals surface area contributed by atoms with Crippen LogP contribution in [0.2, 0.25) is 0 Å². The first kappa shape index (κ1) is 23.6. The van der Waals surface area contributed by atoms with E-state index in [1.165, 1.54) is 18.5 Å². The van der Waals surface area contributed by atoms with Crippen LogP contribution in [-0.2, 0) is 9.57 Å². The number of carbonyl (C=O) groups is 2. The number of amides is 1. The Morgan fingerprint density at radius 3 is 2.44 bits per heavy atom. The van der Waals surface area contributed by atoms with Gasteiger partial charge in [-0.3, -0.25) is 14.4 Å².